The standard InChI is InChI=1S/C27H37ClN6O3/c1-19(27(35)29-7-9-31(2)3)17-32-10-12-33(13-11-32)20-6-8-34-18-23(30-26(34)14-20)21-15-22(28)25(37-5)16-24(21)36-4/h6,8,14-16,18-19H,7,9-13,17H2,1-5H3,(H,29,35). The molecule has 9 nitrogen and oxygen atoms in total. The number of ether oxygens (including phenoxy) is 2. The van der Waals surface area contributed by atoms with Crippen molar-refractivity contribution in [2.75, 3.05) is 79.0 Å². The number of carbonyl (C=O) groups is 1. The lowest BCUT2D eigenvalue weighted by Gasteiger charge is -2.37. The van der Waals surface area contributed by atoms with Crippen LogP contribution in [0.15, 0.2) is 36.7 Å². The van der Waals surface area contributed by atoms with Crippen LogP contribution in [0.4, 0.5) is 5.69 Å². The molecule has 1 aliphatic rings. The Hall–Kier alpha value is -3.01. The second-order valence-corrected chi connectivity index (χ2v) is 10.2. The lowest BCUT2D eigenvalue weighted by Crippen LogP contribution is -2.49. The molecule has 37 heavy (non-hydrogen) atoms. The van der Waals surface area contributed by atoms with Crippen molar-refractivity contribution < 1.29 is 14.3 Å². The van der Waals surface area contributed by atoms with E-state index in [1.54, 1.807) is 20.3 Å². The summed E-state index contributed by atoms with van der Waals surface area (Å²) in [5.74, 6) is 1.31. The van der Waals surface area contributed by atoms with Gasteiger partial charge in [-0.15, -0.1) is 0 Å². The molecule has 1 aliphatic heterocycles. The van der Waals surface area contributed by atoms with Crippen molar-refractivity contribution in [3.05, 3.63) is 41.7 Å². The predicted molar refractivity (Wildman–Crippen MR) is 148 cm³/mol. The summed E-state index contributed by atoms with van der Waals surface area (Å²) in [7, 11) is 7.22. The number of hydrogen-bond acceptors (Lipinski definition) is 7. The number of rotatable bonds is 10. The zero-order valence-corrected chi connectivity index (χ0v) is 23.1. The molecule has 4 rings (SSSR count). The van der Waals surface area contributed by atoms with Crippen molar-refractivity contribution in [3.63, 3.8) is 0 Å². The zero-order chi connectivity index (χ0) is 26.5. The molecule has 200 valence electrons. The summed E-state index contributed by atoms with van der Waals surface area (Å²) in [6.45, 7) is 7.95. The van der Waals surface area contributed by atoms with Crippen LogP contribution in [0.1, 0.15) is 6.92 Å². The van der Waals surface area contributed by atoms with Crippen LogP contribution in [0.5, 0.6) is 11.5 Å². The third kappa shape index (κ3) is 6.47. The molecule has 2 aromatic heterocycles. The number of methoxy groups -OCH3 is 2. The maximum atomic E-state index is 12.4. The fraction of sp³-hybridized carbons (Fsp3) is 0.481. The monoisotopic (exact) mass is 528 g/mol. The molecule has 10 heteroatoms. The molecule has 0 spiro atoms. The molecule has 1 N–H and O–H groups in total. The molecular formula is C27H37ClN6O3. The van der Waals surface area contributed by atoms with E-state index in [1.807, 2.05) is 43.9 Å². The smallest absolute Gasteiger partial charge is 0.224 e. The highest BCUT2D eigenvalue weighted by Crippen LogP contribution is 2.38. The van der Waals surface area contributed by atoms with Crippen molar-refractivity contribution >= 4 is 28.8 Å². The molecule has 3 aromatic rings. The Balaban J connectivity index is 1.39. The first-order chi connectivity index (χ1) is 17.8. The normalized spacial score (nSPS) is 15.3. The topological polar surface area (TPSA) is 74.6 Å². The quantitative estimate of drug-likeness (QED) is 0.433. The summed E-state index contributed by atoms with van der Waals surface area (Å²) in [5.41, 5.74) is 3.58. The number of fused-ring (bicyclic) bond motifs is 1. The number of aromatic nitrogens is 2. The second kappa shape index (κ2) is 12.0. The van der Waals surface area contributed by atoms with Gasteiger partial charge in [-0.05, 0) is 26.2 Å². The largest absolute Gasteiger partial charge is 0.496 e. The van der Waals surface area contributed by atoms with Gasteiger partial charge in [0.25, 0.3) is 0 Å². The van der Waals surface area contributed by atoms with Gasteiger partial charge in [-0.3, -0.25) is 9.69 Å². The minimum atomic E-state index is -0.0307. The highest BCUT2D eigenvalue weighted by atomic mass is 35.5. The van der Waals surface area contributed by atoms with Crippen LogP contribution in [0.2, 0.25) is 5.02 Å². The van der Waals surface area contributed by atoms with Gasteiger partial charge in [0.05, 0.1) is 24.9 Å². The Morgan fingerprint density at radius 1 is 1.14 bits per heavy atom. The number of hydrogen-bond donors (Lipinski definition) is 1. The van der Waals surface area contributed by atoms with E-state index < -0.39 is 0 Å². The number of halogens is 1. The maximum absolute atomic E-state index is 12.4. The predicted octanol–water partition coefficient (Wildman–Crippen LogP) is 3.11. The number of carbonyl (C=O) groups excluding carboxylic acids is 1. The van der Waals surface area contributed by atoms with Gasteiger partial charge < -0.3 is 29.0 Å². The Labute approximate surface area is 223 Å². The molecule has 1 saturated heterocycles. The van der Waals surface area contributed by atoms with Crippen molar-refractivity contribution in [2.45, 2.75) is 6.92 Å². The van der Waals surface area contributed by atoms with E-state index >= 15 is 0 Å². The number of imidazole rings is 1. The summed E-state index contributed by atoms with van der Waals surface area (Å²) in [4.78, 5) is 24.1. The van der Waals surface area contributed by atoms with Gasteiger partial charge in [-0.1, -0.05) is 18.5 Å². The first-order valence-corrected chi connectivity index (χ1v) is 13.0. The summed E-state index contributed by atoms with van der Waals surface area (Å²) in [6, 6.07) is 7.83. The van der Waals surface area contributed by atoms with E-state index in [1.165, 1.54) is 0 Å². The number of pyridine rings is 1. The Morgan fingerprint density at radius 2 is 1.86 bits per heavy atom. The van der Waals surface area contributed by atoms with Crippen LogP contribution in [-0.4, -0.2) is 99.2 Å². The van der Waals surface area contributed by atoms with Crippen LogP contribution in [0.3, 0.4) is 0 Å². The van der Waals surface area contributed by atoms with Gasteiger partial charge in [-0.2, -0.15) is 0 Å². The number of benzene rings is 1. The molecule has 1 atom stereocenters. The molecular weight excluding hydrogens is 492 g/mol. The lowest BCUT2D eigenvalue weighted by molar-refractivity contribution is -0.125. The van der Waals surface area contributed by atoms with Crippen molar-refractivity contribution in [1.82, 2.24) is 24.5 Å². The number of likely N-dealkylation sites (N-methyl/N-ethyl adjacent to an activating group) is 1. The molecule has 0 aliphatic carbocycles. The molecule has 0 bridgehead atoms. The van der Waals surface area contributed by atoms with Crippen LogP contribution in [0, 0.1) is 5.92 Å². The lowest BCUT2D eigenvalue weighted by atomic mass is 10.1. The number of anilines is 1. The van der Waals surface area contributed by atoms with Gasteiger partial charge in [-0.25, -0.2) is 4.98 Å². The minimum absolute atomic E-state index is 0.0307. The van der Waals surface area contributed by atoms with E-state index in [4.69, 9.17) is 26.1 Å². The minimum Gasteiger partial charge on any atom is -0.496 e. The highest BCUT2D eigenvalue weighted by molar-refractivity contribution is 6.32. The van der Waals surface area contributed by atoms with Crippen LogP contribution in [0.25, 0.3) is 16.9 Å². The summed E-state index contributed by atoms with van der Waals surface area (Å²) < 4.78 is 12.9. The third-order valence-electron chi connectivity index (χ3n) is 6.77. The molecule has 1 aromatic carbocycles. The summed E-state index contributed by atoms with van der Waals surface area (Å²) in [6.07, 6.45) is 4.01. The molecule has 0 radical (unpaired) electrons. The maximum Gasteiger partial charge on any atom is 0.224 e. The fourth-order valence-electron chi connectivity index (χ4n) is 4.59. The van der Waals surface area contributed by atoms with E-state index in [0.717, 1.165) is 61.9 Å². The van der Waals surface area contributed by atoms with Crippen molar-refractivity contribution in [1.29, 1.82) is 0 Å². The molecule has 1 fully saturated rings. The van der Waals surface area contributed by atoms with Gasteiger partial charge in [0.2, 0.25) is 5.91 Å². The molecule has 0 saturated carbocycles. The number of nitrogens with one attached hydrogen (secondary N) is 1. The van der Waals surface area contributed by atoms with Crippen LogP contribution in [-0.2, 0) is 4.79 Å². The van der Waals surface area contributed by atoms with Crippen molar-refractivity contribution in [2.24, 2.45) is 5.92 Å². The third-order valence-corrected chi connectivity index (χ3v) is 7.06. The van der Waals surface area contributed by atoms with Gasteiger partial charge >= 0.3 is 0 Å². The molecule has 1 amide bonds. The summed E-state index contributed by atoms with van der Waals surface area (Å²) in [5, 5.41) is 3.54. The number of amides is 1. The zero-order valence-electron chi connectivity index (χ0n) is 22.3. The van der Waals surface area contributed by atoms with E-state index in [9.17, 15) is 4.79 Å². The van der Waals surface area contributed by atoms with E-state index in [0.29, 0.717) is 23.1 Å². The first-order valence-electron chi connectivity index (χ1n) is 12.6. The molecule has 3 heterocycles. The first kappa shape index (κ1) is 27.0. The van der Waals surface area contributed by atoms with Crippen LogP contribution < -0.4 is 19.7 Å². The number of nitrogens with zero attached hydrogens (tertiary/aromatic N) is 5. The van der Waals surface area contributed by atoms with Gasteiger partial charge in [0.1, 0.15) is 17.1 Å². The summed E-state index contributed by atoms with van der Waals surface area (Å²) >= 11 is 6.38. The average molecular weight is 529 g/mol. The van der Waals surface area contributed by atoms with E-state index in [-0.39, 0.29) is 11.8 Å². The van der Waals surface area contributed by atoms with E-state index in [2.05, 4.69) is 32.1 Å². The van der Waals surface area contributed by atoms with Gasteiger partial charge in [0.15, 0.2) is 0 Å². The fourth-order valence-corrected chi connectivity index (χ4v) is 4.83. The van der Waals surface area contributed by atoms with Crippen molar-refractivity contribution in [3.8, 4) is 22.8 Å². The Bertz CT molecular complexity index is 1220. The SMILES string of the molecule is COc1cc(OC)c(-c2cn3ccc(N4CCN(CC(C)C(=O)NCCN(C)C)CC4)cc3n2)cc1Cl. The second-order valence-electron chi connectivity index (χ2n) is 9.75. The molecule has 1 unspecified atom stereocenters. The van der Waals surface area contributed by atoms with Crippen LogP contribution >= 0.6 is 11.6 Å². The Morgan fingerprint density at radius 3 is 2.54 bits per heavy atom. The average Bonchev–Trinajstić information content (AvgIpc) is 3.32. The Kier molecular flexibility index (Phi) is 8.79. The van der Waals surface area contributed by atoms with Gasteiger partial charge in [0, 0.05) is 87.5 Å². The number of piperazine rings is 1. The highest BCUT2D eigenvalue weighted by Gasteiger charge is 2.22.